The lowest BCUT2D eigenvalue weighted by molar-refractivity contribution is -0.133. The number of fused-ring (bicyclic) bond motifs is 1. The largest absolute Gasteiger partial charge is 0.478 e. The molecule has 1 heterocycles. The zero-order valence-corrected chi connectivity index (χ0v) is 16.3. The van der Waals surface area contributed by atoms with E-state index < -0.39 is 23.4 Å². The fraction of sp³-hybridized carbons (Fsp3) is 0.250. The van der Waals surface area contributed by atoms with Crippen molar-refractivity contribution in [3.8, 4) is 5.75 Å². The molecule has 1 aliphatic heterocycles. The molecule has 2 aromatic carbocycles. The first-order valence-electron chi connectivity index (χ1n) is 8.53. The van der Waals surface area contributed by atoms with Crippen molar-refractivity contribution in [3.05, 3.63) is 52.5 Å². The van der Waals surface area contributed by atoms with Crippen LogP contribution in [0.1, 0.15) is 29.8 Å². The van der Waals surface area contributed by atoms with Crippen LogP contribution in [0.25, 0.3) is 0 Å². The van der Waals surface area contributed by atoms with Gasteiger partial charge in [-0.2, -0.15) is 0 Å². The molecule has 2 amide bonds. The van der Waals surface area contributed by atoms with Crippen LogP contribution in [0.5, 0.6) is 5.75 Å². The van der Waals surface area contributed by atoms with Crippen LogP contribution in [0.4, 0.5) is 11.4 Å². The van der Waals surface area contributed by atoms with E-state index in [4.69, 9.17) is 16.3 Å². The molecule has 1 aliphatic rings. The monoisotopic (exact) mass is 402 g/mol. The minimum absolute atomic E-state index is 0.00872. The Morgan fingerprint density at radius 3 is 2.57 bits per heavy atom. The van der Waals surface area contributed by atoms with Gasteiger partial charge >= 0.3 is 5.97 Å². The average Bonchev–Trinajstić information content (AvgIpc) is 2.61. The molecule has 0 saturated carbocycles. The van der Waals surface area contributed by atoms with Gasteiger partial charge in [0, 0.05) is 10.7 Å². The van der Waals surface area contributed by atoms with E-state index in [1.165, 1.54) is 23.1 Å². The van der Waals surface area contributed by atoms with Crippen molar-refractivity contribution in [2.24, 2.45) is 0 Å². The Bertz CT molecular complexity index is 987. The van der Waals surface area contributed by atoms with Crippen LogP contribution in [0.2, 0.25) is 5.02 Å². The summed E-state index contributed by atoms with van der Waals surface area (Å²) in [5, 5.41) is 12.4. The molecular weight excluding hydrogens is 384 g/mol. The van der Waals surface area contributed by atoms with Gasteiger partial charge in [0.25, 0.3) is 5.91 Å². The van der Waals surface area contributed by atoms with E-state index in [0.717, 1.165) is 5.56 Å². The highest BCUT2D eigenvalue weighted by Crippen LogP contribution is 2.38. The number of carboxylic acids is 1. The Hall–Kier alpha value is -3.06. The molecule has 146 valence electrons. The highest BCUT2D eigenvalue weighted by atomic mass is 35.5. The summed E-state index contributed by atoms with van der Waals surface area (Å²) in [7, 11) is 0. The summed E-state index contributed by atoms with van der Waals surface area (Å²) in [6.07, 6.45) is 0. The third kappa shape index (κ3) is 3.80. The highest BCUT2D eigenvalue weighted by Gasteiger charge is 2.41. The van der Waals surface area contributed by atoms with Crippen LogP contribution < -0.4 is 15.0 Å². The SMILES string of the molecule is Cc1ccc(NC(=O)CN2C(=O)C(C)(C)Oc3ccc(C(=O)O)cc32)cc1Cl. The molecule has 0 aromatic heterocycles. The maximum atomic E-state index is 12.8. The van der Waals surface area contributed by atoms with Crippen LogP contribution in [0, 0.1) is 6.92 Å². The maximum Gasteiger partial charge on any atom is 0.335 e. The van der Waals surface area contributed by atoms with E-state index in [1.807, 2.05) is 6.92 Å². The number of hydrogen-bond acceptors (Lipinski definition) is 4. The fourth-order valence-electron chi connectivity index (χ4n) is 2.87. The summed E-state index contributed by atoms with van der Waals surface area (Å²) >= 11 is 6.08. The number of nitrogens with one attached hydrogen (secondary N) is 1. The number of rotatable bonds is 4. The lowest BCUT2D eigenvalue weighted by atomic mass is 10.0. The Labute approximate surface area is 166 Å². The van der Waals surface area contributed by atoms with Crippen LogP contribution >= 0.6 is 11.6 Å². The number of aromatic carboxylic acids is 1. The van der Waals surface area contributed by atoms with Crippen LogP contribution in [0.3, 0.4) is 0 Å². The molecule has 8 heteroatoms. The topological polar surface area (TPSA) is 95.9 Å². The van der Waals surface area contributed by atoms with Crippen molar-refractivity contribution >= 4 is 40.8 Å². The van der Waals surface area contributed by atoms with E-state index in [2.05, 4.69) is 5.32 Å². The first-order valence-corrected chi connectivity index (χ1v) is 8.90. The molecule has 2 aromatic rings. The molecule has 2 N–H and O–H groups in total. The number of nitrogens with zero attached hydrogens (tertiary/aromatic N) is 1. The summed E-state index contributed by atoms with van der Waals surface area (Å²) in [4.78, 5) is 37.9. The van der Waals surface area contributed by atoms with Crippen molar-refractivity contribution in [2.45, 2.75) is 26.4 Å². The fourth-order valence-corrected chi connectivity index (χ4v) is 3.05. The molecule has 3 rings (SSSR count). The average molecular weight is 403 g/mol. The molecule has 0 atom stereocenters. The van der Waals surface area contributed by atoms with E-state index in [1.54, 1.807) is 32.0 Å². The van der Waals surface area contributed by atoms with E-state index in [9.17, 15) is 19.5 Å². The van der Waals surface area contributed by atoms with Crippen molar-refractivity contribution in [3.63, 3.8) is 0 Å². The quantitative estimate of drug-likeness (QED) is 0.816. The molecule has 0 bridgehead atoms. The summed E-state index contributed by atoms with van der Waals surface area (Å²) in [5.74, 6) is -1.70. The molecular formula is C20H19ClN2O5. The second-order valence-electron chi connectivity index (χ2n) is 7.00. The maximum absolute atomic E-state index is 12.8. The lowest BCUT2D eigenvalue weighted by Crippen LogP contribution is -2.54. The van der Waals surface area contributed by atoms with Gasteiger partial charge in [0.15, 0.2) is 5.60 Å². The van der Waals surface area contributed by atoms with Crippen LogP contribution in [-0.2, 0) is 9.59 Å². The summed E-state index contributed by atoms with van der Waals surface area (Å²) in [6, 6.07) is 9.30. The van der Waals surface area contributed by atoms with Crippen molar-refractivity contribution in [2.75, 3.05) is 16.8 Å². The Morgan fingerprint density at radius 1 is 1.21 bits per heavy atom. The van der Waals surface area contributed by atoms with Gasteiger partial charge in [0.2, 0.25) is 5.91 Å². The smallest absolute Gasteiger partial charge is 0.335 e. The van der Waals surface area contributed by atoms with Crippen molar-refractivity contribution < 1.29 is 24.2 Å². The second kappa shape index (κ2) is 7.16. The minimum atomic E-state index is -1.19. The zero-order chi connectivity index (χ0) is 20.6. The van der Waals surface area contributed by atoms with Crippen molar-refractivity contribution in [1.29, 1.82) is 0 Å². The van der Waals surface area contributed by atoms with Gasteiger partial charge in [-0.25, -0.2) is 4.79 Å². The number of carboxylic acid groups (broad SMARTS) is 1. The normalized spacial score (nSPS) is 14.9. The Kier molecular flexibility index (Phi) is 5.04. The van der Waals surface area contributed by atoms with Gasteiger partial charge in [-0.05, 0) is 56.7 Å². The van der Waals surface area contributed by atoms with E-state index in [0.29, 0.717) is 16.5 Å². The van der Waals surface area contributed by atoms with E-state index >= 15 is 0 Å². The third-order valence-corrected chi connectivity index (χ3v) is 4.79. The van der Waals surface area contributed by atoms with Gasteiger partial charge in [0.1, 0.15) is 12.3 Å². The second-order valence-corrected chi connectivity index (χ2v) is 7.41. The number of ether oxygens (including phenoxy) is 1. The predicted molar refractivity (Wildman–Crippen MR) is 105 cm³/mol. The molecule has 0 spiro atoms. The Morgan fingerprint density at radius 2 is 1.93 bits per heavy atom. The number of carbonyl (C=O) groups excluding carboxylic acids is 2. The standard InChI is InChI=1S/C20H19ClN2O5/c1-11-4-6-13(9-14(11)21)22-17(24)10-23-15-8-12(18(25)26)5-7-16(15)28-20(2,3)19(23)27/h4-9H,10H2,1-3H3,(H,22,24)(H,25,26). The number of carbonyl (C=O) groups is 3. The summed E-state index contributed by atoms with van der Waals surface area (Å²) in [5.41, 5.74) is 0.414. The van der Waals surface area contributed by atoms with Gasteiger partial charge in [0.05, 0.1) is 11.3 Å². The minimum Gasteiger partial charge on any atom is -0.478 e. The first kappa shape index (κ1) is 19.7. The molecule has 0 saturated heterocycles. The number of benzene rings is 2. The Balaban J connectivity index is 1.90. The molecule has 0 unspecified atom stereocenters. The van der Waals surface area contributed by atoms with Crippen molar-refractivity contribution in [1.82, 2.24) is 0 Å². The molecule has 28 heavy (non-hydrogen) atoms. The van der Waals surface area contributed by atoms with Crippen LogP contribution in [0.15, 0.2) is 36.4 Å². The summed E-state index contributed by atoms with van der Waals surface area (Å²) in [6.45, 7) is 4.73. The number of aryl methyl sites for hydroxylation is 1. The predicted octanol–water partition coefficient (Wildman–Crippen LogP) is 3.49. The first-order chi connectivity index (χ1) is 13.1. The number of halogens is 1. The molecule has 0 radical (unpaired) electrons. The highest BCUT2D eigenvalue weighted by molar-refractivity contribution is 6.31. The van der Waals surface area contributed by atoms with Crippen LogP contribution in [-0.4, -0.2) is 35.0 Å². The van der Waals surface area contributed by atoms with E-state index in [-0.39, 0.29) is 17.8 Å². The van der Waals surface area contributed by atoms with Gasteiger partial charge in [-0.15, -0.1) is 0 Å². The molecule has 7 nitrogen and oxygen atoms in total. The molecule has 0 aliphatic carbocycles. The molecule has 0 fully saturated rings. The van der Waals surface area contributed by atoms with Gasteiger partial charge < -0.3 is 15.2 Å². The number of amides is 2. The zero-order valence-electron chi connectivity index (χ0n) is 15.6. The van der Waals surface area contributed by atoms with Gasteiger partial charge in [-0.1, -0.05) is 17.7 Å². The number of anilines is 2. The summed E-state index contributed by atoms with van der Waals surface area (Å²) < 4.78 is 5.69. The lowest BCUT2D eigenvalue weighted by Gasteiger charge is -2.38. The number of hydrogen-bond donors (Lipinski definition) is 2. The van der Waals surface area contributed by atoms with Gasteiger partial charge in [-0.3, -0.25) is 14.5 Å². The third-order valence-electron chi connectivity index (χ3n) is 4.38.